The molecule has 1 aliphatic rings. The van der Waals surface area contributed by atoms with Crippen LogP contribution in [0.3, 0.4) is 0 Å². The maximum Gasteiger partial charge on any atom is 0.307 e. The predicted molar refractivity (Wildman–Crippen MR) is 76.4 cm³/mol. The summed E-state index contributed by atoms with van der Waals surface area (Å²) in [7, 11) is 1.39. The molecule has 1 saturated heterocycles. The molecule has 0 aliphatic carbocycles. The molecule has 0 saturated carbocycles. The fraction of sp³-hybridized carbons (Fsp3) is 0.600. The molecule has 1 amide bonds. The van der Waals surface area contributed by atoms with Crippen LogP contribution in [0.4, 0.5) is 0 Å². The highest BCUT2D eigenvalue weighted by molar-refractivity contribution is 5.78. The average molecular weight is 294 g/mol. The molecule has 116 valence electrons. The molecule has 1 aromatic rings. The van der Waals surface area contributed by atoms with Gasteiger partial charge < -0.3 is 14.5 Å². The first-order valence-electron chi connectivity index (χ1n) is 7.29. The third-order valence-electron chi connectivity index (χ3n) is 3.77. The van der Waals surface area contributed by atoms with Crippen LogP contribution in [0.5, 0.6) is 0 Å². The molecule has 0 radical (unpaired) electrons. The van der Waals surface area contributed by atoms with Crippen molar-refractivity contribution in [3.05, 3.63) is 24.2 Å². The van der Waals surface area contributed by atoms with Crippen LogP contribution >= 0.6 is 0 Å². The van der Waals surface area contributed by atoms with Gasteiger partial charge in [0.15, 0.2) is 0 Å². The Bertz CT molecular complexity index is 458. The first-order chi connectivity index (χ1) is 10.2. The largest absolute Gasteiger partial charge is 0.469 e. The van der Waals surface area contributed by atoms with Gasteiger partial charge in [0.25, 0.3) is 0 Å². The summed E-state index contributed by atoms with van der Waals surface area (Å²) >= 11 is 0. The Labute approximate surface area is 124 Å². The first kappa shape index (κ1) is 15.6. The molecule has 1 atom stereocenters. The topological polar surface area (TPSA) is 71.8 Å². The van der Waals surface area contributed by atoms with Crippen molar-refractivity contribution in [2.24, 2.45) is 0 Å². The van der Waals surface area contributed by atoms with Crippen LogP contribution in [0.25, 0.3) is 0 Å². The van der Waals surface area contributed by atoms with E-state index < -0.39 is 0 Å². The van der Waals surface area contributed by atoms with Gasteiger partial charge in [0.1, 0.15) is 5.76 Å². The number of esters is 1. The van der Waals surface area contributed by atoms with Crippen LogP contribution in [-0.4, -0.2) is 43.0 Å². The minimum atomic E-state index is -0.220. The summed E-state index contributed by atoms with van der Waals surface area (Å²) in [5.41, 5.74) is 0. The third-order valence-corrected chi connectivity index (χ3v) is 3.77. The van der Waals surface area contributed by atoms with Crippen LogP contribution in [0.1, 0.15) is 31.4 Å². The number of hydrogen-bond donors (Lipinski definition) is 1. The fourth-order valence-corrected chi connectivity index (χ4v) is 2.61. The van der Waals surface area contributed by atoms with E-state index in [9.17, 15) is 9.59 Å². The highest BCUT2D eigenvalue weighted by atomic mass is 16.5. The highest BCUT2D eigenvalue weighted by Crippen LogP contribution is 2.19. The maximum atomic E-state index is 12.0. The average Bonchev–Trinajstić information content (AvgIpc) is 3.00. The summed E-state index contributed by atoms with van der Waals surface area (Å²) in [6, 6.07) is 3.71. The zero-order valence-corrected chi connectivity index (χ0v) is 12.3. The molecule has 0 aromatic carbocycles. The van der Waals surface area contributed by atoms with E-state index in [1.807, 2.05) is 6.07 Å². The summed E-state index contributed by atoms with van der Waals surface area (Å²) in [4.78, 5) is 25.5. The van der Waals surface area contributed by atoms with Gasteiger partial charge in [-0.05, 0) is 31.5 Å². The Kier molecular flexibility index (Phi) is 5.80. The number of rotatable bonds is 6. The summed E-state index contributed by atoms with van der Waals surface area (Å²) in [5.74, 6) is 0.458. The summed E-state index contributed by atoms with van der Waals surface area (Å²) < 4.78 is 9.90. The Morgan fingerprint density at radius 2 is 2.33 bits per heavy atom. The van der Waals surface area contributed by atoms with E-state index in [1.165, 1.54) is 7.11 Å². The number of carbonyl (C=O) groups excluding carboxylic acids is 2. The SMILES string of the molecule is COC(=O)CC1CCCCN1CC(=O)NCc1ccco1. The van der Waals surface area contributed by atoms with Crippen molar-refractivity contribution in [2.75, 3.05) is 20.2 Å². The molecular formula is C15H22N2O4. The minimum Gasteiger partial charge on any atom is -0.469 e. The van der Waals surface area contributed by atoms with Gasteiger partial charge >= 0.3 is 5.97 Å². The quantitative estimate of drug-likeness (QED) is 0.801. The number of nitrogens with one attached hydrogen (secondary N) is 1. The number of carbonyl (C=O) groups is 2. The van der Waals surface area contributed by atoms with Crippen LogP contribution in [-0.2, 0) is 20.9 Å². The van der Waals surface area contributed by atoms with Crippen molar-refractivity contribution < 1.29 is 18.7 Å². The Balaban J connectivity index is 1.80. The van der Waals surface area contributed by atoms with Crippen LogP contribution in [0, 0.1) is 0 Å². The molecule has 2 rings (SSSR count). The molecule has 0 spiro atoms. The number of likely N-dealkylation sites (tertiary alicyclic amines) is 1. The lowest BCUT2D eigenvalue weighted by Crippen LogP contribution is -2.46. The molecule has 1 aromatic heterocycles. The normalized spacial score (nSPS) is 19.2. The zero-order valence-electron chi connectivity index (χ0n) is 12.3. The molecule has 6 heteroatoms. The van der Waals surface area contributed by atoms with E-state index in [2.05, 4.69) is 10.2 Å². The van der Waals surface area contributed by atoms with Crippen molar-refractivity contribution in [3.8, 4) is 0 Å². The number of amides is 1. The number of furan rings is 1. The lowest BCUT2D eigenvalue weighted by Gasteiger charge is -2.34. The lowest BCUT2D eigenvalue weighted by molar-refractivity contribution is -0.143. The number of nitrogens with zero attached hydrogens (tertiary/aromatic N) is 1. The molecular weight excluding hydrogens is 272 g/mol. The molecule has 0 bridgehead atoms. The molecule has 1 unspecified atom stereocenters. The van der Waals surface area contributed by atoms with Gasteiger partial charge in [-0.25, -0.2) is 0 Å². The van der Waals surface area contributed by atoms with Crippen LogP contribution in [0.2, 0.25) is 0 Å². The predicted octanol–water partition coefficient (Wildman–Crippen LogP) is 1.31. The number of ether oxygens (including phenoxy) is 1. The molecule has 2 heterocycles. The molecule has 21 heavy (non-hydrogen) atoms. The number of methoxy groups -OCH3 is 1. The van der Waals surface area contributed by atoms with Crippen LogP contribution < -0.4 is 5.32 Å². The van der Waals surface area contributed by atoms with Gasteiger partial charge in [-0.3, -0.25) is 14.5 Å². The standard InChI is InChI=1S/C15H22N2O4/c1-20-15(19)9-12-5-2-3-7-17(12)11-14(18)16-10-13-6-4-8-21-13/h4,6,8,12H,2-3,5,7,9-11H2,1H3,(H,16,18). The van der Waals surface area contributed by atoms with Crippen LogP contribution in [0.15, 0.2) is 22.8 Å². The second kappa shape index (κ2) is 7.83. The molecule has 1 N–H and O–H groups in total. The monoisotopic (exact) mass is 294 g/mol. The van der Waals surface area contributed by atoms with E-state index in [0.717, 1.165) is 31.6 Å². The van der Waals surface area contributed by atoms with Crippen molar-refractivity contribution in [1.29, 1.82) is 0 Å². The highest BCUT2D eigenvalue weighted by Gasteiger charge is 2.26. The Morgan fingerprint density at radius 1 is 1.48 bits per heavy atom. The lowest BCUT2D eigenvalue weighted by atomic mass is 9.99. The van der Waals surface area contributed by atoms with E-state index in [0.29, 0.717) is 19.5 Å². The zero-order chi connectivity index (χ0) is 15.1. The molecule has 6 nitrogen and oxygen atoms in total. The second-order valence-corrected chi connectivity index (χ2v) is 5.26. The van der Waals surface area contributed by atoms with E-state index in [4.69, 9.17) is 9.15 Å². The van der Waals surface area contributed by atoms with Crippen molar-refractivity contribution in [2.45, 2.75) is 38.3 Å². The summed E-state index contributed by atoms with van der Waals surface area (Å²) in [5, 5.41) is 2.83. The fourth-order valence-electron chi connectivity index (χ4n) is 2.61. The maximum absolute atomic E-state index is 12.0. The van der Waals surface area contributed by atoms with E-state index in [-0.39, 0.29) is 17.9 Å². The van der Waals surface area contributed by atoms with Crippen molar-refractivity contribution in [3.63, 3.8) is 0 Å². The second-order valence-electron chi connectivity index (χ2n) is 5.26. The molecule has 1 fully saturated rings. The number of hydrogen-bond acceptors (Lipinski definition) is 5. The summed E-state index contributed by atoms with van der Waals surface area (Å²) in [6.07, 6.45) is 5.01. The van der Waals surface area contributed by atoms with Gasteiger partial charge in [-0.15, -0.1) is 0 Å². The van der Waals surface area contributed by atoms with E-state index >= 15 is 0 Å². The van der Waals surface area contributed by atoms with Gasteiger partial charge in [-0.2, -0.15) is 0 Å². The van der Waals surface area contributed by atoms with Gasteiger partial charge in [0, 0.05) is 6.04 Å². The van der Waals surface area contributed by atoms with Gasteiger partial charge in [0.05, 0.1) is 32.9 Å². The third kappa shape index (κ3) is 4.90. The van der Waals surface area contributed by atoms with Crippen molar-refractivity contribution in [1.82, 2.24) is 10.2 Å². The smallest absolute Gasteiger partial charge is 0.307 e. The number of piperidine rings is 1. The minimum absolute atomic E-state index is 0.0526. The summed E-state index contributed by atoms with van der Waals surface area (Å²) in [6.45, 7) is 1.54. The van der Waals surface area contributed by atoms with Gasteiger partial charge in [-0.1, -0.05) is 6.42 Å². The van der Waals surface area contributed by atoms with E-state index in [1.54, 1.807) is 12.3 Å². The Morgan fingerprint density at radius 3 is 3.05 bits per heavy atom. The van der Waals surface area contributed by atoms with Crippen molar-refractivity contribution >= 4 is 11.9 Å². The Hall–Kier alpha value is -1.82. The molecule has 1 aliphatic heterocycles. The van der Waals surface area contributed by atoms with Gasteiger partial charge in [0.2, 0.25) is 5.91 Å². The first-order valence-corrected chi connectivity index (χ1v) is 7.29.